The summed E-state index contributed by atoms with van der Waals surface area (Å²) in [6.07, 6.45) is 4.70. The van der Waals surface area contributed by atoms with Gasteiger partial charge in [-0.05, 0) is 55.4 Å². The number of hydrogen-bond acceptors (Lipinski definition) is 2. The van der Waals surface area contributed by atoms with E-state index in [1.54, 1.807) is 0 Å². The lowest BCUT2D eigenvalue weighted by molar-refractivity contribution is -0.122. The molecule has 1 aromatic rings. The summed E-state index contributed by atoms with van der Waals surface area (Å²) < 4.78 is 0. The summed E-state index contributed by atoms with van der Waals surface area (Å²) >= 11 is 5.90. The van der Waals surface area contributed by atoms with Gasteiger partial charge in [-0.25, -0.2) is 0 Å². The molecule has 1 aromatic carbocycles. The second-order valence-corrected chi connectivity index (χ2v) is 7.03. The Bertz CT molecular complexity index is 484. The highest BCUT2D eigenvalue weighted by molar-refractivity contribution is 6.30. The fourth-order valence-electron chi connectivity index (χ4n) is 2.91. The second-order valence-electron chi connectivity index (χ2n) is 6.60. The minimum absolute atomic E-state index is 0.259. The summed E-state index contributed by atoms with van der Waals surface area (Å²) in [6.45, 7) is 4.51. The summed E-state index contributed by atoms with van der Waals surface area (Å²) in [5.41, 5.74) is 6.25. The van der Waals surface area contributed by atoms with Crippen LogP contribution in [0.3, 0.4) is 0 Å². The van der Waals surface area contributed by atoms with Crippen molar-refractivity contribution in [3.8, 4) is 0 Å². The van der Waals surface area contributed by atoms with Crippen molar-refractivity contribution >= 4 is 23.2 Å². The quantitative estimate of drug-likeness (QED) is 0.829. The van der Waals surface area contributed by atoms with Gasteiger partial charge in [-0.1, -0.05) is 31.9 Å². The summed E-state index contributed by atoms with van der Waals surface area (Å²) in [4.78, 5) is 12.0. The normalized spacial score (nSPS) is 25.8. The number of primary amides is 1. The third-order valence-electron chi connectivity index (χ3n) is 4.39. The zero-order chi connectivity index (χ0) is 14.8. The van der Waals surface area contributed by atoms with Crippen LogP contribution in [0.15, 0.2) is 24.3 Å². The average molecular weight is 295 g/mol. The number of nitrogens with two attached hydrogens (primary N) is 1. The molecule has 1 aliphatic rings. The lowest BCUT2D eigenvalue weighted by Crippen LogP contribution is -2.50. The molecule has 0 aliphatic heterocycles. The van der Waals surface area contributed by atoms with Gasteiger partial charge in [0.25, 0.3) is 0 Å². The molecule has 1 amide bonds. The molecular formula is C16H23ClN2O. The van der Waals surface area contributed by atoms with Crippen molar-refractivity contribution in [1.82, 2.24) is 0 Å². The second kappa shape index (κ2) is 5.65. The summed E-state index contributed by atoms with van der Waals surface area (Å²) in [5, 5.41) is 4.05. The molecule has 3 nitrogen and oxygen atoms in total. The molecule has 1 unspecified atom stereocenters. The number of carbonyl (C=O) groups is 1. The fraction of sp³-hybridized carbons (Fsp3) is 0.562. The molecule has 0 bridgehead atoms. The van der Waals surface area contributed by atoms with Crippen LogP contribution in [-0.4, -0.2) is 11.4 Å². The maximum Gasteiger partial charge on any atom is 0.243 e. The maximum absolute atomic E-state index is 12.0. The first-order valence-corrected chi connectivity index (χ1v) is 7.55. The molecule has 0 spiro atoms. The number of benzene rings is 1. The minimum atomic E-state index is -0.637. The Labute approximate surface area is 125 Å². The number of hydrogen-bond donors (Lipinski definition) is 2. The largest absolute Gasteiger partial charge is 0.371 e. The van der Waals surface area contributed by atoms with Crippen molar-refractivity contribution < 1.29 is 4.79 Å². The van der Waals surface area contributed by atoms with Gasteiger partial charge in [0, 0.05) is 10.7 Å². The Morgan fingerprint density at radius 2 is 1.80 bits per heavy atom. The van der Waals surface area contributed by atoms with Crippen molar-refractivity contribution in [1.29, 1.82) is 0 Å². The smallest absolute Gasteiger partial charge is 0.243 e. The number of amides is 1. The number of anilines is 1. The lowest BCUT2D eigenvalue weighted by Gasteiger charge is -2.32. The van der Waals surface area contributed by atoms with Gasteiger partial charge in [0.05, 0.1) is 0 Å². The number of rotatable bonds is 3. The molecule has 0 heterocycles. The summed E-state index contributed by atoms with van der Waals surface area (Å²) in [5.74, 6) is -0.259. The third kappa shape index (κ3) is 3.45. The van der Waals surface area contributed by atoms with Crippen molar-refractivity contribution in [3.05, 3.63) is 29.3 Å². The van der Waals surface area contributed by atoms with Crippen LogP contribution in [-0.2, 0) is 4.79 Å². The topological polar surface area (TPSA) is 55.1 Å². The highest BCUT2D eigenvalue weighted by Crippen LogP contribution is 2.39. The van der Waals surface area contributed by atoms with Gasteiger partial charge in [-0.15, -0.1) is 0 Å². The standard InChI is InChI=1S/C16H23ClN2O/c1-15(2)8-3-9-16(11-10-15,14(18)20)19-13-6-4-12(17)5-7-13/h4-7,19H,3,8-11H2,1-2H3,(H2,18,20). The molecule has 3 N–H and O–H groups in total. The van der Waals surface area contributed by atoms with E-state index in [-0.39, 0.29) is 11.3 Å². The van der Waals surface area contributed by atoms with E-state index >= 15 is 0 Å². The van der Waals surface area contributed by atoms with Crippen LogP contribution in [0.4, 0.5) is 5.69 Å². The Morgan fingerprint density at radius 1 is 1.15 bits per heavy atom. The monoisotopic (exact) mass is 294 g/mol. The predicted octanol–water partition coefficient (Wildman–Crippen LogP) is 3.97. The minimum Gasteiger partial charge on any atom is -0.371 e. The van der Waals surface area contributed by atoms with Gasteiger partial charge in [0.15, 0.2) is 0 Å². The van der Waals surface area contributed by atoms with Crippen LogP contribution < -0.4 is 11.1 Å². The van der Waals surface area contributed by atoms with Gasteiger partial charge >= 0.3 is 0 Å². The molecule has 1 fully saturated rings. The Morgan fingerprint density at radius 3 is 2.40 bits per heavy atom. The van der Waals surface area contributed by atoms with Crippen LogP contribution in [0.1, 0.15) is 46.0 Å². The van der Waals surface area contributed by atoms with Crippen LogP contribution >= 0.6 is 11.6 Å². The maximum atomic E-state index is 12.0. The van der Waals surface area contributed by atoms with E-state index in [0.29, 0.717) is 5.02 Å². The first-order valence-electron chi connectivity index (χ1n) is 7.17. The number of halogens is 1. The molecule has 2 rings (SSSR count). The fourth-order valence-corrected chi connectivity index (χ4v) is 3.04. The molecule has 110 valence electrons. The Kier molecular flexibility index (Phi) is 4.28. The molecular weight excluding hydrogens is 272 g/mol. The van der Waals surface area contributed by atoms with E-state index in [1.165, 1.54) is 0 Å². The van der Waals surface area contributed by atoms with Crippen molar-refractivity contribution in [3.63, 3.8) is 0 Å². The average Bonchev–Trinajstić information content (AvgIpc) is 2.52. The first-order chi connectivity index (χ1) is 9.33. The molecule has 0 radical (unpaired) electrons. The van der Waals surface area contributed by atoms with E-state index in [2.05, 4.69) is 19.2 Å². The van der Waals surface area contributed by atoms with E-state index in [0.717, 1.165) is 37.8 Å². The first kappa shape index (κ1) is 15.2. The molecule has 20 heavy (non-hydrogen) atoms. The Balaban J connectivity index is 2.21. The highest BCUT2D eigenvalue weighted by atomic mass is 35.5. The zero-order valence-corrected chi connectivity index (χ0v) is 13.0. The number of carbonyl (C=O) groups excluding carboxylic acids is 1. The highest BCUT2D eigenvalue weighted by Gasteiger charge is 2.40. The van der Waals surface area contributed by atoms with Gasteiger partial charge in [-0.2, -0.15) is 0 Å². The van der Waals surface area contributed by atoms with E-state index in [1.807, 2.05) is 24.3 Å². The van der Waals surface area contributed by atoms with Crippen LogP contribution in [0.5, 0.6) is 0 Å². The van der Waals surface area contributed by atoms with Gasteiger partial charge < -0.3 is 11.1 Å². The molecule has 0 aromatic heterocycles. The van der Waals surface area contributed by atoms with Crippen LogP contribution in [0.25, 0.3) is 0 Å². The Hall–Kier alpha value is -1.22. The molecule has 1 atom stereocenters. The van der Waals surface area contributed by atoms with Crippen LogP contribution in [0, 0.1) is 5.41 Å². The van der Waals surface area contributed by atoms with Crippen molar-refractivity contribution in [2.45, 2.75) is 51.5 Å². The van der Waals surface area contributed by atoms with Gasteiger partial charge in [0.1, 0.15) is 5.54 Å². The third-order valence-corrected chi connectivity index (χ3v) is 4.64. The predicted molar refractivity (Wildman–Crippen MR) is 83.9 cm³/mol. The van der Waals surface area contributed by atoms with E-state index in [9.17, 15) is 4.79 Å². The molecule has 4 heteroatoms. The van der Waals surface area contributed by atoms with Gasteiger partial charge in [0.2, 0.25) is 5.91 Å². The molecule has 0 saturated heterocycles. The molecule has 1 aliphatic carbocycles. The van der Waals surface area contributed by atoms with E-state index < -0.39 is 5.54 Å². The molecule has 1 saturated carbocycles. The van der Waals surface area contributed by atoms with Crippen molar-refractivity contribution in [2.24, 2.45) is 11.1 Å². The van der Waals surface area contributed by atoms with Crippen molar-refractivity contribution in [2.75, 3.05) is 5.32 Å². The van der Waals surface area contributed by atoms with E-state index in [4.69, 9.17) is 17.3 Å². The number of nitrogens with one attached hydrogen (secondary N) is 1. The summed E-state index contributed by atoms with van der Waals surface area (Å²) in [7, 11) is 0. The zero-order valence-electron chi connectivity index (χ0n) is 12.2. The van der Waals surface area contributed by atoms with Crippen LogP contribution in [0.2, 0.25) is 5.02 Å². The SMILES string of the molecule is CC1(C)CCCC(Nc2ccc(Cl)cc2)(C(N)=O)CC1. The lowest BCUT2D eigenvalue weighted by atomic mass is 9.83. The van der Waals surface area contributed by atoms with Gasteiger partial charge in [-0.3, -0.25) is 4.79 Å². The summed E-state index contributed by atoms with van der Waals surface area (Å²) in [6, 6.07) is 7.42.